The number of hydrogen-bond donors (Lipinski definition) is 3. The van der Waals surface area contributed by atoms with Gasteiger partial charge in [-0.3, -0.25) is 0 Å². The molecule has 0 aromatic heterocycles. The van der Waals surface area contributed by atoms with Crippen LogP contribution in [0.15, 0.2) is 18.2 Å². The standard InChI is InChI=1S/C11H17IN2O/c1-7(2)11(6-15)14-10-4-3-8(13)5-9(10)12/h3-5,7,11,14-15H,6,13H2,1-2H3/t11-/m1/s1. The summed E-state index contributed by atoms with van der Waals surface area (Å²) in [6.07, 6.45) is 0. The van der Waals surface area contributed by atoms with Crippen molar-refractivity contribution in [1.29, 1.82) is 0 Å². The van der Waals surface area contributed by atoms with Gasteiger partial charge in [-0.05, 0) is 46.7 Å². The molecule has 4 N–H and O–H groups in total. The van der Waals surface area contributed by atoms with Crippen molar-refractivity contribution >= 4 is 34.0 Å². The zero-order valence-corrected chi connectivity index (χ0v) is 11.2. The van der Waals surface area contributed by atoms with Crippen molar-refractivity contribution in [3.8, 4) is 0 Å². The molecule has 0 radical (unpaired) electrons. The molecule has 3 nitrogen and oxygen atoms in total. The van der Waals surface area contributed by atoms with Gasteiger partial charge in [0, 0.05) is 14.9 Å². The van der Waals surface area contributed by atoms with Crippen molar-refractivity contribution in [1.82, 2.24) is 0 Å². The molecular weight excluding hydrogens is 303 g/mol. The van der Waals surface area contributed by atoms with Crippen LogP contribution in [0.2, 0.25) is 0 Å². The van der Waals surface area contributed by atoms with E-state index in [-0.39, 0.29) is 12.6 Å². The van der Waals surface area contributed by atoms with Gasteiger partial charge in [0.1, 0.15) is 0 Å². The fourth-order valence-electron chi connectivity index (χ4n) is 1.27. The molecular formula is C11H17IN2O. The minimum atomic E-state index is 0.0853. The van der Waals surface area contributed by atoms with Crippen LogP contribution in [0, 0.1) is 9.49 Å². The molecule has 0 fully saturated rings. The molecule has 1 rings (SSSR count). The predicted octanol–water partition coefficient (Wildman–Crippen LogP) is 2.30. The monoisotopic (exact) mass is 320 g/mol. The second-order valence-electron chi connectivity index (χ2n) is 3.92. The molecule has 0 saturated carbocycles. The number of aliphatic hydroxyl groups excluding tert-OH is 1. The van der Waals surface area contributed by atoms with Crippen LogP contribution in [0.5, 0.6) is 0 Å². The van der Waals surface area contributed by atoms with Crippen LogP contribution < -0.4 is 11.1 Å². The first-order valence-corrected chi connectivity index (χ1v) is 6.05. The van der Waals surface area contributed by atoms with Crippen LogP contribution in [0.4, 0.5) is 11.4 Å². The maximum atomic E-state index is 9.21. The van der Waals surface area contributed by atoms with E-state index in [0.29, 0.717) is 5.92 Å². The largest absolute Gasteiger partial charge is 0.399 e. The van der Waals surface area contributed by atoms with Gasteiger partial charge in [-0.2, -0.15) is 0 Å². The Bertz CT molecular complexity index is 328. The van der Waals surface area contributed by atoms with Crippen molar-refractivity contribution in [2.75, 3.05) is 17.7 Å². The van der Waals surface area contributed by atoms with Gasteiger partial charge in [-0.15, -0.1) is 0 Å². The Morgan fingerprint density at radius 3 is 2.60 bits per heavy atom. The first-order valence-electron chi connectivity index (χ1n) is 4.97. The number of benzene rings is 1. The summed E-state index contributed by atoms with van der Waals surface area (Å²) in [4.78, 5) is 0. The zero-order chi connectivity index (χ0) is 11.4. The molecule has 1 aromatic carbocycles. The Kier molecular flexibility index (Phi) is 4.66. The first kappa shape index (κ1) is 12.6. The zero-order valence-electron chi connectivity index (χ0n) is 9.00. The van der Waals surface area contributed by atoms with Crippen molar-refractivity contribution in [2.24, 2.45) is 5.92 Å². The van der Waals surface area contributed by atoms with E-state index < -0.39 is 0 Å². The Labute approximate surface area is 104 Å². The summed E-state index contributed by atoms with van der Waals surface area (Å²) in [6.45, 7) is 4.30. The topological polar surface area (TPSA) is 58.3 Å². The number of hydrogen-bond acceptors (Lipinski definition) is 3. The number of halogens is 1. The van der Waals surface area contributed by atoms with Crippen LogP contribution in [0.3, 0.4) is 0 Å². The van der Waals surface area contributed by atoms with E-state index in [1.54, 1.807) is 0 Å². The van der Waals surface area contributed by atoms with Gasteiger partial charge in [0.05, 0.1) is 12.6 Å². The van der Waals surface area contributed by atoms with E-state index >= 15 is 0 Å². The lowest BCUT2D eigenvalue weighted by Crippen LogP contribution is -2.29. The molecule has 0 unspecified atom stereocenters. The highest BCUT2D eigenvalue weighted by molar-refractivity contribution is 14.1. The lowest BCUT2D eigenvalue weighted by atomic mass is 10.1. The van der Waals surface area contributed by atoms with Crippen molar-refractivity contribution in [3.05, 3.63) is 21.8 Å². The Morgan fingerprint density at radius 2 is 2.13 bits per heavy atom. The Balaban J connectivity index is 2.79. The molecule has 0 aliphatic heterocycles. The highest BCUT2D eigenvalue weighted by Crippen LogP contribution is 2.22. The third-order valence-corrected chi connectivity index (χ3v) is 3.23. The number of nitrogens with two attached hydrogens (primary N) is 1. The number of rotatable bonds is 4. The molecule has 0 aliphatic rings. The average molecular weight is 320 g/mol. The minimum absolute atomic E-state index is 0.0853. The van der Waals surface area contributed by atoms with E-state index in [0.717, 1.165) is 14.9 Å². The van der Waals surface area contributed by atoms with Crippen LogP contribution in [-0.2, 0) is 0 Å². The molecule has 84 valence electrons. The quantitative estimate of drug-likeness (QED) is 0.589. The second-order valence-corrected chi connectivity index (χ2v) is 5.08. The van der Waals surface area contributed by atoms with Crippen molar-refractivity contribution < 1.29 is 5.11 Å². The molecule has 0 aliphatic carbocycles. The number of aliphatic hydroxyl groups is 1. The number of nitrogen functional groups attached to an aromatic ring is 1. The average Bonchev–Trinajstić information content (AvgIpc) is 2.16. The number of anilines is 2. The van der Waals surface area contributed by atoms with Gasteiger partial charge in [0.25, 0.3) is 0 Å². The van der Waals surface area contributed by atoms with E-state index in [1.165, 1.54) is 0 Å². The molecule has 0 heterocycles. The third kappa shape index (κ3) is 3.53. The molecule has 0 spiro atoms. The van der Waals surface area contributed by atoms with Crippen LogP contribution >= 0.6 is 22.6 Å². The van der Waals surface area contributed by atoms with Crippen LogP contribution in [-0.4, -0.2) is 17.8 Å². The molecule has 15 heavy (non-hydrogen) atoms. The van der Waals surface area contributed by atoms with E-state index in [2.05, 4.69) is 41.8 Å². The smallest absolute Gasteiger partial charge is 0.0635 e. The van der Waals surface area contributed by atoms with E-state index in [4.69, 9.17) is 5.73 Å². The second kappa shape index (κ2) is 5.55. The third-order valence-electron chi connectivity index (χ3n) is 2.34. The minimum Gasteiger partial charge on any atom is -0.399 e. The van der Waals surface area contributed by atoms with Gasteiger partial charge < -0.3 is 16.2 Å². The van der Waals surface area contributed by atoms with E-state index in [9.17, 15) is 5.11 Å². The van der Waals surface area contributed by atoms with Gasteiger partial charge in [0.15, 0.2) is 0 Å². The van der Waals surface area contributed by atoms with Gasteiger partial charge in [-0.1, -0.05) is 13.8 Å². The summed E-state index contributed by atoms with van der Waals surface area (Å²) in [5, 5.41) is 12.5. The van der Waals surface area contributed by atoms with E-state index in [1.807, 2.05) is 18.2 Å². The SMILES string of the molecule is CC(C)[C@@H](CO)Nc1ccc(N)cc1I. The number of nitrogens with one attached hydrogen (secondary N) is 1. The molecule has 1 aromatic rings. The first-order chi connectivity index (χ1) is 7.04. The maximum absolute atomic E-state index is 9.21. The Hall–Kier alpha value is -0.490. The molecule has 0 bridgehead atoms. The normalized spacial score (nSPS) is 12.9. The maximum Gasteiger partial charge on any atom is 0.0635 e. The van der Waals surface area contributed by atoms with Crippen molar-refractivity contribution in [3.63, 3.8) is 0 Å². The van der Waals surface area contributed by atoms with Crippen LogP contribution in [0.25, 0.3) is 0 Å². The fraction of sp³-hybridized carbons (Fsp3) is 0.455. The molecule has 4 heteroatoms. The van der Waals surface area contributed by atoms with Gasteiger partial charge in [0.2, 0.25) is 0 Å². The Morgan fingerprint density at radius 1 is 1.47 bits per heavy atom. The summed E-state index contributed by atoms with van der Waals surface area (Å²) in [6, 6.07) is 5.81. The summed E-state index contributed by atoms with van der Waals surface area (Å²) in [7, 11) is 0. The lowest BCUT2D eigenvalue weighted by Gasteiger charge is -2.22. The fourth-order valence-corrected chi connectivity index (χ4v) is 1.97. The van der Waals surface area contributed by atoms with Gasteiger partial charge >= 0.3 is 0 Å². The van der Waals surface area contributed by atoms with Gasteiger partial charge in [-0.25, -0.2) is 0 Å². The predicted molar refractivity (Wildman–Crippen MR) is 72.9 cm³/mol. The molecule has 0 saturated heterocycles. The molecule has 0 amide bonds. The van der Waals surface area contributed by atoms with Crippen molar-refractivity contribution in [2.45, 2.75) is 19.9 Å². The summed E-state index contributed by atoms with van der Waals surface area (Å²) in [5.41, 5.74) is 7.45. The summed E-state index contributed by atoms with van der Waals surface area (Å²) < 4.78 is 1.08. The summed E-state index contributed by atoms with van der Waals surface area (Å²) in [5.74, 6) is 0.392. The highest BCUT2D eigenvalue weighted by Gasteiger charge is 2.12. The summed E-state index contributed by atoms with van der Waals surface area (Å²) >= 11 is 2.23. The lowest BCUT2D eigenvalue weighted by molar-refractivity contribution is 0.249. The highest BCUT2D eigenvalue weighted by atomic mass is 127. The molecule has 1 atom stereocenters. The van der Waals surface area contributed by atoms with Crippen LogP contribution in [0.1, 0.15) is 13.8 Å².